The minimum atomic E-state index is 0.651. The Morgan fingerprint density at radius 1 is 1.35 bits per heavy atom. The first-order chi connectivity index (χ1) is 9.54. The second-order valence-corrected chi connectivity index (χ2v) is 6.71. The third-order valence-corrected chi connectivity index (χ3v) is 4.13. The molecule has 1 N–H and O–H groups in total. The minimum absolute atomic E-state index is 0.651. The summed E-state index contributed by atoms with van der Waals surface area (Å²) < 4.78 is 2.26. The normalized spacial score (nSPS) is 17.9. The maximum atomic E-state index is 4.60. The van der Waals surface area contributed by atoms with Crippen LogP contribution in [0.15, 0.2) is 6.20 Å². The molecule has 1 saturated heterocycles. The zero-order valence-electron chi connectivity index (χ0n) is 13.5. The zero-order valence-corrected chi connectivity index (χ0v) is 13.5. The van der Waals surface area contributed by atoms with Crippen molar-refractivity contribution in [2.75, 3.05) is 32.0 Å². The molecule has 0 saturated carbocycles. The Morgan fingerprint density at radius 3 is 2.70 bits per heavy atom. The summed E-state index contributed by atoms with van der Waals surface area (Å²) in [4.78, 5) is 7.04. The molecule has 2 heterocycles. The first-order valence-electron chi connectivity index (χ1n) is 8.00. The van der Waals surface area contributed by atoms with Crippen molar-refractivity contribution >= 4 is 5.95 Å². The smallest absolute Gasteiger partial charge is 0.203 e. The van der Waals surface area contributed by atoms with Gasteiger partial charge in [-0.15, -0.1) is 0 Å². The van der Waals surface area contributed by atoms with Gasteiger partial charge in [0.2, 0.25) is 5.95 Å². The highest BCUT2D eigenvalue weighted by atomic mass is 15.2. The van der Waals surface area contributed by atoms with Gasteiger partial charge >= 0.3 is 0 Å². The predicted molar refractivity (Wildman–Crippen MR) is 85.1 cm³/mol. The standard InChI is InChI=1S/C16H30N4/c1-13(2)11-20-12-14(3)18-16(20)17-8-5-15-6-9-19(4)10-7-15/h12-13,15H,5-11H2,1-4H3,(H,17,18). The van der Waals surface area contributed by atoms with Crippen LogP contribution in [-0.4, -0.2) is 41.1 Å². The van der Waals surface area contributed by atoms with Gasteiger partial charge in [-0.1, -0.05) is 13.8 Å². The summed E-state index contributed by atoms with van der Waals surface area (Å²) in [5, 5.41) is 3.54. The van der Waals surface area contributed by atoms with E-state index < -0.39 is 0 Å². The first kappa shape index (κ1) is 15.4. The third kappa shape index (κ3) is 4.51. The number of hydrogen-bond donors (Lipinski definition) is 1. The second kappa shape index (κ2) is 7.11. The molecule has 0 bridgehead atoms. The van der Waals surface area contributed by atoms with Crippen molar-refractivity contribution in [3.8, 4) is 0 Å². The lowest BCUT2D eigenvalue weighted by Crippen LogP contribution is -2.31. The van der Waals surface area contributed by atoms with E-state index >= 15 is 0 Å². The van der Waals surface area contributed by atoms with Crippen molar-refractivity contribution in [3.05, 3.63) is 11.9 Å². The molecular formula is C16H30N4. The van der Waals surface area contributed by atoms with E-state index in [0.717, 1.165) is 30.6 Å². The van der Waals surface area contributed by atoms with Gasteiger partial charge in [0.25, 0.3) is 0 Å². The van der Waals surface area contributed by atoms with Crippen molar-refractivity contribution in [1.29, 1.82) is 0 Å². The van der Waals surface area contributed by atoms with Crippen molar-refractivity contribution in [1.82, 2.24) is 14.5 Å². The van der Waals surface area contributed by atoms with Gasteiger partial charge in [0.05, 0.1) is 5.69 Å². The largest absolute Gasteiger partial charge is 0.356 e. The molecule has 1 aromatic heterocycles. The minimum Gasteiger partial charge on any atom is -0.356 e. The lowest BCUT2D eigenvalue weighted by molar-refractivity contribution is 0.215. The average Bonchev–Trinajstić information content (AvgIpc) is 2.71. The number of imidazole rings is 1. The molecule has 0 amide bonds. The Bertz CT molecular complexity index is 403. The number of rotatable bonds is 6. The number of hydrogen-bond acceptors (Lipinski definition) is 3. The molecule has 1 aliphatic heterocycles. The van der Waals surface area contributed by atoms with E-state index in [0.29, 0.717) is 5.92 Å². The van der Waals surface area contributed by atoms with Gasteiger partial charge in [-0.05, 0) is 58.2 Å². The highest BCUT2D eigenvalue weighted by Crippen LogP contribution is 2.19. The summed E-state index contributed by atoms with van der Waals surface area (Å²) in [6.07, 6.45) is 6.11. The molecular weight excluding hydrogens is 248 g/mol. The van der Waals surface area contributed by atoms with Crippen LogP contribution in [0.3, 0.4) is 0 Å². The summed E-state index contributed by atoms with van der Waals surface area (Å²) in [7, 11) is 2.22. The van der Waals surface area contributed by atoms with Gasteiger partial charge in [-0.2, -0.15) is 0 Å². The summed E-state index contributed by atoms with van der Waals surface area (Å²) in [5.41, 5.74) is 1.10. The molecule has 20 heavy (non-hydrogen) atoms. The van der Waals surface area contributed by atoms with E-state index in [1.807, 2.05) is 0 Å². The molecule has 4 heteroatoms. The molecule has 0 radical (unpaired) electrons. The van der Waals surface area contributed by atoms with Crippen LogP contribution in [0, 0.1) is 18.8 Å². The van der Waals surface area contributed by atoms with Crippen LogP contribution in [0.4, 0.5) is 5.95 Å². The Balaban J connectivity index is 1.78. The first-order valence-corrected chi connectivity index (χ1v) is 8.00. The van der Waals surface area contributed by atoms with Crippen LogP contribution < -0.4 is 5.32 Å². The van der Waals surface area contributed by atoms with Gasteiger partial charge < -0.3 is 14.8 Å². The van der Waals surface area contributed by atoms with Crippen molar-refractivity contribution < 1.29 is 0 Å². The van der Waals surface area contributed by atoms with Gasteiger partial charge in [-0.3, -0.25) is 0 Å². The van der Waals surface area contributed by atoms with Crippen LogP contribution in [0.5, 0.6) is 0 Å². The highest BCUT2D eigenvalue weighted by molar-refractivity contribution is 5.28. The molecule has 0 spiro atoms. The average molecular weight is 278 g/mol. The summed E-state index contributed by atoms with van der Waals surface area (Å²) >= 11 is 0. The third-order valence-electron chi connectivity index (χ3n) is 4.13. The summed E-state index contributed by atoms with van der Waals surface area (Å²) in [5.74, 6) is 2.58. The molecule has 114 valence electrons. The van der Waals surface area contributed by atoms with Gasteiger partial charge in [0.15, 0.2) is 0 Å². The van der Waals surface area contributed by atoms with E-state index in [9.17, 15) is 0 Å². The molecule has 2 rings (SSSR count). The fraction of sp³-hybridized carbons (Fsp3) is 0.812. The summed E-state index contributed by atoms with van der Waals surface area (Å²) in [6, 6.07) is 0. The lowest BCUT2D eigenvalue weighted by Gasteiger charge is -2.28. The number of piperidine rings is 1. The van der Waals surface area contributed by atoms with Crippen LogP contribution in [0.1, 0.15) is 38.8 Å². The van der Waals surface area contributed by atoms with Crippen LogP contribution in [-0.2, 0) is 6.54 Å². The van der Waals surface area contributed by atoms with E-state index in [1.165, 1.54) is 32.4 Å². The van der Waals surface area contributed by atoms with E-state index in [1.54, 1.807) is 0 Å². The number of aryl methyl sites for hydroxylation is 1. The Kier molecular flexibility index (Phi) is 5.46. The topological polar surface area (TPSA) is 33.1 Å². The lowest BCUT2D eigenvalue weighted by atomic mass is 9.94. The number of anilines is 1. The number of likely N-dealkylation sites (tertiary alicyclic amines) is 1. The molecule has 4 nitrogen and oxygen atoms in total. The number of nitrogens with one attached hydrogen (secondary N) is 1. The number of nitrogens with zero attached hydrogens (tertiary/aromatic N) is 3. The maximum Gasteiger partial charge on any atom is 0.203 e. The van der Waals surface area contributed by atoms with Crippen molar-refractivity contribution in [2.24, 2.45) is 11.8 Å². The molecule has 0 atom stereocenters. The molecule has 0 aliphatic carbocycles. The van der Waals surface area contributed by atoms with Gasteiger partial charge in [-0.25, -0.2) is 4.98 Å². The SMILES string of the molecule is Cc1cn(CC(C)C)c(NCCC2CCN(C)CC2)n1. The van der Waals surface area contributed by atoms with Gasteiger partial charge in [0, 0.05) is 19.3 Å². The fourth-order valence-electron chi connectivity index (χ4n) is 2.96. The monoisotopic (exact) mass is 278 g/mol. The van der Waals surface area contributed by atoms with Crippen LogP contribution in [0.25, 0.3) is 0 Å². The summed E-state index contributed by atoms with van der Waals surface area (Å²) in [6.45, 7) is 11.2. The Hall–Kier alpha value is -1.03. The second-order valence-electron chi connectivity index (χ2n) is 6.71. The Labute approximate surface area is 123 Å². The van der Waals surface area contributed by atoms with Crippen LogP contribution >= 0.6 is 0 Å². The predicted octanol–water partition coefficient (Wildman–Crippen LogP) is 2.99. The van der Waals surface area contributed by atoms with E-state index in [-0.39, 0.29) is 0 Å². The van der Waals surface area contributed by atoms with E-state index in [4.69, 9.17) is 0 Å². The molecule has 1 aliphatic rings. The van der Waals surface area contributed by atoms with Crippen molar-refractivity contribution in [2.45, 2.75) is 46.6 Å². The Morgan fingerprint density at radius 2 is 2.05 bits per heavy atom. The van der Waals surface area contributed by atoms with Crippen molar-refractivity contribution in [3.63, 3.8) is 0 Å². The van der Waals surface area contributed by atoms with Crippen LogP contribution in [0.2, 0.25) is 0 Å². The molecule has 1 aromatic rings. The molecule has 0 unspecified atom stereocenters. The van der Waals surface area contributed by atoms with Gasteiger partial charge in [0.1, 0.15) is 0 Å². The molecule has 1 fully saturated rings. The van der Waals surface area contributed by atoms with E-state index in [2.05, 4.69) is 53.8 Å². The number of aromatic nitrogens is 2. The maximum absolute atomic E-state index is 4.60. The quantitative estimate of drug-likeness (QED) is 0.868. The molecule has 0 aromatic carbocycles. The zero-order chi connectivity index (χ0) is 14.5. The fourth-order valence-corrected chi connectivity index (χ4v) is 2.96. The highest BCUT2D eigenvalue weighted by Gasteiger charge is 2.16.